The third kappa shape index (κ3) is 3.80. The number of carboxylic acid groups (broad SMARTS) is 1. The number of carboxylic acids is 1. The standard InChI is InChI=1S/C16H23NO2/c17-12-16(11-15(18)19)9-8-14(10-16)7-6-13-4-2-1-3-5-13/h1-5,14H,6-12,17H2,(H,18,19). The molecule has 3 N–H and O–H groups in total. The molecule has 0 amide bonds. The summed E-state index contributed by atoms with van der Waals surface area (Å²) in [6.07, 6.45) is 5.52. The lowest BCUT2D eigenvalue weighted by atomic mass is 9.81. The minimum absolute atomic E-state index is 0.146. The molecule has 0 spiro atoms. The predicted molar refractivity (Wildman–Crippen MR) is 75.8 cm³/mol. The molecule has 1 aromatic rings. The lowest BCUT2D eigenvalue weighted by Crippen LogP contribution is -2.30. The average Bonchev–Trinajstić information content (AvgIpc) is 2.81. The summed E-state index contributed by atoms with van der Waals surface area (Å²) in [6.45, 7) is 0.501. The highest BCUT2D eigenvalue weighted by Gasteiger charge is 2.39. The van der Waals surface area contributed by atoms with Crippen LogP contribution in [0.25, 0.3) is 0 Å². The smallest absolute Gasteiger partial charge is 0.303 e. The molecule has 1 aliphatic carbocycles. The Kier molecular flexibility index (Phi) is 4.59. The monoisotopic (exact) mass is 261 g/mol. The topological polar surface area (TPSA) is 63.3 Å². The third-order valence-electron chi connectivity index (χ3n) is 4.45. The molecule has 0 aromatic heterocycles. The summed E-state index contributed by atoms with van der Waals surface area (Å²) in [5.41, 5.74) is 7.04. The van der Waals surface area contributed by atoms with Gasteiger partial charge < -0.3 is 10.8 Å². The number of rotatable bonds is 6. The lowest BCUT2D eigenvalue weighted by molar-refractivity contribution is -0.139. The molecule has 0 radical (unpaired) electrons. The molecule has 2 unspecified atom stereocenters. The van der Waals surface area contributed by atoms with E-state index in [1.165, 1.54) is 5.56 Å². The molecule has 1 aliphatic rings. The molecule has 3 heteroatoms. The van der Waals surface area contributed by atoms with Crippen LogP contribution in [0.2, 0.25) is 0 Å². The summed E-state index contributed by atoms with van der Waals surface area (Å²) in [7, 11) is 0. The number of aryl methyl sites for hydroxylation is 1. The highest BCUT2D eigenvalue weighted by Crippen LogP contribution is 2.45. The zero-order valence-corrected chi connectivity index (χ0v) is 11.3. The van der Waals surface area contributed by atoms with Gasteiger partial charge in [-0.05, 0) is 55.5 Å². The predicted octanol–water partition coefficient (Wildman–Crippen LogP) is 2.84. The van der Waals surface area contributed by atoms with Crippen LogP contribution in [-0.2, 0) is 11.2 Å². The molecule has 0 heterocycles. The van der Waals surface area contributed by atoms with Crippen LogP contribution < -0.4 is 5.73 Å². The van der Waals surface area contributed by atoms with Crippen molar-refractivity contribution < 1.29 is 9.90 Å². The van der Waals surface area contributed by atoms with Gasteiger partial charge in [0.1, 0.15) is 0 Å². The van der Waals surface area contributed by atoms with Crippen LogP contribution in [0.1, 0.15) is 37.7 Å². The maximum atomic E-state index is 10.9. The molecule has 104 valence electrons. The van der Waals surface area contributed by atoms with Crippen molar-refractivity contribution in [3.63, 3.8) is 0 Å². The van der Waals surface area contributed by atoms with Crippen molar-refractivity contribution in [2.75, 3.05) is 6.54 Å². The average molecular weight is 261 g/mol. The molecule has 3 nitrogen and oxygen atoms in total. The largest absolute Gasteiger partial charge is 0.481 e. The molecular weight excluding hydrogens is 238 g/mol. The molecule has 0 saturated heterocycles. The summed E-state index contributed by atoms with van der Waals surface area (Å²) in [4.78, 5) is 10.9. The molecular formula is C16H23NO2. The highest BCUT2D eigenvalue weighted by molar-refractivity contribution is 5.67. The Morgan fingerprint density at radius 2 is 2.11 bits per heavy atom. The first-order valence-electron chi connectivity index (χ1n) is 7.09. The van der Waals surface area contributed by atoms with Gasteiger partial charge in [-0.15, -0.1) is 0 Å². The van der Waals surface area contributed by atoms with Gasteiger partial charge in [0, 0.05) is 0 Å². The van der Waals surface area contributed by atoms with Gasteiger partial charge in [0.2, 0.25) is 0 Å². The number of hydrogen-bond acceptors (Lipinski definition) is 2. The number of hydrogen-bond donors (Lipinski definition) is 2. The van der Waals surface area contributed by atoms with Gasteiger partial charge in [0.15, 0.2) is 0 Å². The first kappa shape index (κ1) is 14.1. The SMILES string of the molecule is NCC1(CC(=O)O)CCC(CCc2ccccc2)C1. The number of carbonyl (C=O) groups is 1. The van der Waals surface area contributed by atoms with Gasteiger partial charge in [-0.25, -0.2) is 0 Å². The second kappa shape index (κ2) is 6.20. The van der Waals surface area contributed by atoms with Crippen LogP contribution in [0.3, 0.4) is 0 Å². The number of nitrogens with two attached hydrogens (primary N) is 1. The van der Waals surface area contributed by atoms with Crippen LogP contribution in [0, 0.1) is 11.3 Å². The fourth-order valence-corrected chi connectivity index (χ4v) is 3.33. The van der Waals surface area contributed by atoms with Gasteiger partial charge in [-0.2, -0.15) is 0 Å². The van der Waals surface area contributed by atoms with E-state index in [1.54, 1.807) is 0 Å². The van der Waals surface area contributed by atoms with Crippen molar-refractivity contribution in [3.8, 4) is 0 Å². The van der Waals surface area contributed by atoms with E-state index in [0.29, 0.717) is 12.5 Å². The van der Waals surface area contributed by atoms with Gasteiger partial charge in [0.05, 0.1) is 6.42 Å². The van der Waals surface area contributed by atoms with Crippen molar-refractivity contribution >= 4 is 5.97 Å². The molecule has 1 fully saturated rings. The van der Waals surface area contributed by atoms with E-state index in [9.17, 15) is 4.79 Å². The summed E-state index contributed by atoms with van der Waals surface area (Å²) in [5, 5.41) is 9.01. The normalized spacial score (nSPS) is 26.5. The Hall–Kier alpha value is -1.35. The maximum Gasteiger partial charge on any atom is 0.303 e. The minimum atomic E-state index is -0.714. The van der Waals surface area contributed by atoms with Crippen molar-refractivity contribution in [3.05, 3.63) is 35.9 Å². The fraction of sp³-hybridized carbons (Fsp3) is 0.562. The van der Waals surface area contributed by atoms with Crippen LogP contribution in [-0.4, -0.2) is 17.6 Å². The quantitative estimate of drug-likeness (QED) is 0.827. The van der Waals surface area contributed by atoms with Crippen LogP contribution in [0.5, 0.6) is 0 Å². The summed E-state index contributed by atoms with van der Waals surface area (Å²) >= 11 is 0. The second-order valence-electron chi connectivity index (χ2n) is 5.91. The molecule has 19 heavy (non-hydrogen) atoms. The number of benzene rings is 1. The molecule has 1 saturated carbocycles. The molecule has 2 rings (SSSR count). The zero-order chi connectivity index (χ0) is 13.7. The Balaban J connectivity index is 1.86. The van der Waals surface area contributed by atoms with E-state index >= 15 is 0 Å². The van der Waals surface area contributed by atoms with Crippen LogP contribution >= 0.6 is 0 Å². The molecule has 0 bridgehead atoms. The summed E-state index contributed by atoms with van der Waals surface area (Å²) in [5.74, 6) is -0.0859. The Morgan fingerprint density at radius 1 is 1.37 bits per heavy atom. The minimum Gasteiger partial charge on any atom is -0.481 e. The van der Waals surface area contributed by atoms with Crippen molar-refractivity contribution in [1.29, 1.82) is 0 Å². The van der Waals surface area contributed by atoms with E-state index in [0.717, 1.165) is 32.1 Å². The zero-order valence-electron chi connectivity index (χ0n) is 11.3. The summed E-state index contributed by atoms with van der Waals surface area (Å²) < 4.78 is 0. The van der Waals surface area contributed by atoms with Gasteiger partial charge in [-0.3, -0.25) is 4.79 Å². The van der Waals surface area contributed by atoms with Gasteiger partial charge in [0.25, 0.3) is 0 Å². The fourth-order valence-electron chi connectivity index (χ4n) is 3.33. The first-order chi connectivity index (χ1) is 9.13. The van der Waals surface area contributed by atoms with E-state index in [-0.39, 0.29) is 11.8 Å². The third-order valence-corrected chi connectivity index (χ3v) is 4.45. The molecule has 1 aromatic carbocycles. The van der Waals surface area contributed by atoms with Crippen molar-refractivity contribution in [2.24, 2.45) is 17.1 Å². The number of aliphatic carboxylic acids is 1. The lowest BCUT2D eigenvalue weighted by Gasteiger charge is -2.25. The van der Waals surface area contributed by atoms with Crippen LogP contribution in [0.15, 0.2) is 30.3 Å². The molecule has 2 atom stereocenters. The molecule has 0 aliphatic heterocycles. The van der Waals surface area contributed by atoms with Crippen molar-refractivity contribution in [2.45, 2.75) is 38.5 Å². The Labute approximate surface area is 114 Å². The Morgan fingerprint density at radius 3 is 2.74 bits per heavy atom. The van der Waals surface area contributed by atoms with E-state index in [2.05, 4.69) is 24.3 Å². The maximum absolute atomic E-state index is 10.9. The van der Waals surface area contributed by atoms with E-state index < -0.39 is 5.97 Å². The Bertz CT molecular complexity index is 418. The second-order valence-corrected chi connectivity index (χ2v) is 5.91. The van der Waals surface area contributed by atoms with Crippen molar-refractivity contribution in [1.82, 2.24) is 0 Å². The highest BCUT2D eigenvalue weighted by atomic mass is 16.4. The van der Waals surface area contributed by atoms with Crippen LogP contribution in [0.4, 0.5) is 0 Å². The first-order valence-corrected chi connectivity index (χ1v) is 7.09. The van der Waals surface area contributed by atoms with E-state index in [4.69, 9.17) is 10.8 Å². The van der Waals surface area contributed by atoms with E-state index in [1.807, 2.05) is 6.07 Å². The van der Waals surface area contributed by atoms with Gasteiger partial charge in [-0.1, -0.05) is 30.3 Å². The van der Waals surface area contributed by atoms with Gasteiger partial charge >= 0.3 is 5.97 Å². The summed E-state index contributed by atoms with van der Waals surface area (Å²) in [6, 6.07) is 10.5.